The van der Waals surface area contributed by atoms with E-state index in [1.807, 2.05) is 62.7 Å². The van der Waals surface area contributed by atoms with E-state index in [2.05, 4.69) is 30.9 Å². The van der Waals surface area contributed by atoms with E-state index in [0.717, 1.165) is 16.9 Å². The van der Waals surface area contributed by atoms with Gasteiger partial charge in [-0.1, -0.05) is 15.9 Å². The van der Waals surface area contributed by atoms with Crippen LogP contribution in [0.3, 0.4) is 0 Å². The van der Waals surface area contributed by atoms with Crippen LogP contribution in [0.4, 0.5) is 0 Å². The second kappa shape index (κ2) is 8.35. The maximum atomic E-state index is 11.9. The van der Waals surface area contributed by atoms with Gasteiger partial charge in [-0.3, -0.25) is 0 Å². The van der Waals surface area contributed by atoms with Gasteiger partial charge in [-0.25, -0.2) is 19.7 Å². The molecule has 0 bridgehead atoms. The fourth-order valence-corrected chi connectivity index (χ4v) is 2.29. The predicted octanol–water partition coefficient (Wildman–Crippen LogP) is 2.67. The summed E-state index contributed by atoms with van der Waals surface area (Å²) in [6.07, 6.45) is 7.04. The molecule has 3 heterocycles. The highest BCUT2D eigenvalue weighted by Crippen LogP contribution is 2.17. The highest BCUT2D eigenvalue weighted by atomic mass is 79.9. The number of fused-ring (bicyclic) bond motifs is 1. The molecule has 0 fully saturated rings. The number of aromatic nitrogens is 5. The number of aryl methyl sites for hydroxylation is 1. The molecular weight excluding hydrogens is 398 g/mol. The van der Waals surface area contributed by atoms with E-state index in [1.54, 1.807) is 17.1 Å². The van der Waals surface area contributed by atoms with Crippen LogP contribution in [0.15, 0.2) is 37.1 Å². The Morgan fingerprint density at radius 2 is 1.88 bits per heavy atom. The summed E-state index contributed by atoms with van der Waals surface area (Å²) in [6, 6.07) is 3.80. The molecule has 0 aromatic carbocycles. The molecule has 0 atom stereocenters. The maximum absolute atomic E-state index is 11.9. The van der Waals surface area contributed by atoms with Gasteiger partial charge in [0.1, 0.15) is 5.60 Å². The minimum atomic E-state index is -0.480. The second-order valence-corrected chi connectivity index (χ2v) is 6.60. The summed E-state index contributed by atoms with van der Waals surface area (Å²) in [6.45, 7) is 5.73. The fourth-order valence-electron chi connectivity index (χ4n) is 2.29. The van der Waals surface area contributed by atoms with Crippen molar-refractivity contribution < 1.29 is 14.1 Å². The molecule has 7 nitrogen and oxygen atoms in total. The minimum Gasteiger partial charge on any atom is -0.455 e. The predicted molar refractivity (Wildman–Crippen MR) is 103 cm³/mol. The highest BCUT2D eigenvalue weighted by Gasteiger charge is 2.19. The first-order chi connectivity index (χ1) is 12.3. The fraction of sp³-hybridized carbons (Fsp3) is 0.389. The number of pyridine rings is 1. The van der Waals surface area contributed by atoms with Crippen LogP contribution < -0.4 is 4.57 Å². The van der Waals surface area contributed by atoms with Gasteiger partial charge >= 0.3 is 5.97 Å². The number of hydrogen-bond acceptors (Lipinski definition) is 5. The van der Waals surface area contributed by atoms with Crippen LogP contribution in [0.2, 0.25) is 0 Å². The van der Waals surface area contributed by atoms with E-state index in [9.17, 15) is 4.79 Å². The Bertz CT molecular complexity index is 885. The zero-order valence-corrected chi connectivity index (χ0v) is 17.2. The SMILES string of the molecule is CBr.Cn1cnc2ncc(-c3cc[n+](CC(=O)OC(C)(C)C)cc3)nc21. The number of esters is 1. The summed E-state index contributed by atoms with van der Waals surface area (Å²) < 4.78 is 8.92. The van der Waals surface area contributed by atoms with Crippen LogP contribution in [-0.4, -0.2) is 36.9 Å². The summed E-state index contributed by atoms with van der Waals surface area (Å²) in [5.41, 5.74) is 2.56. The zero-order chi connectivity index (χ0) is 19.3. The van der Waals surface area contributed by atoms with Crippen LogP contribution in [0.5, 0.6) is 0 Å². The van der Waals surface area contributed by atoms with Crippen molar-refractivity contribution in [2.75, 3.05) is 5.83 Å². The van der Waals surface area contributed by atoms with Crippen molar-refractivity contribution in [2.45, 2.75) is 32.9 Å². The largest absolute Gasteiger partial charge is 0.455 e. The summed E-state index contributed by atoms with van der Waals surface area (Å²) >= 11 is 2.94. The standard InChI is InChI=1S/C17H20N5O2.CH3Br/c1-17(2,3)24-14(23)10-22-7-5-12(6-8-22)13-9-18-15-16(20-13)21(4)11-19-15;1-2/h5-9,11H,10H2,1-4H3;1H3/q+1;. The average molecular weight is 421 g/mol. The lowest BCUT2D eigenvalue weighted by molar-refractivity contribution is -0.686. The molecule has 0 radical (unpaired) electrons. The van der Waals surface area contributed by atoms with Crippen molar-refractivity contribution >= 4 is 33.2 Å². The van der Waals surface area contributed by atoms with Gasteiger partial charge in [0.05, 0.1) is 18.2 Å². The molecule has 26 heavy (non-hydrogen) atoms. The van der Waals surface area contributed by atoms with Crippen LogP contribution in [0, 0.1) is 0 Å². The van der Waals surface area contributed by atoms with E-state index in [1.165, 1.54) is 0 Å². The Hall–Kier alpha value is -2.35. The average Bonchev–Trinajstić information content (AvgIpc) is 2.96. The van der Waals surface area contributed by atoms with Gasteiger partial charge in [0.2, 0.25) is 6.54 Å². The molecule has 3 aromatic heterocycles. The highest BCUT2D eigenvalue weighted by molar-refractivity contribution is 9.08. The summed E-state index contributed by atoms with van der Waals surface area (Å²) in [7, 11) is 1.88. The van der Waals surface area contributed by atoms with Crippen molar-refractivity contribution in [3.63, 3.8) is 0 Å². The molecule has 0 unspecified atom stereocenters. The van der Waals surface area contributed by atoms with Gasteiger partial charge in [0.25, 0.3) is 0 Å². The number of halogens is 1. The molecule has 3 rings (SSSR count). The second-order valence-electron chi connectivity index (χ2n) is 6.60. The molecular formula is C18H23BrN5O2+. The van der Waals surface area contributed by atoms with Crippen LogP contribution in [0.25, 0.3) is 22.6 Å². The van der Waals surface area contributed by atoms with Crippen LogP contribution in [0.1, 0.15) is 20.8 Å². The number of rotatable bonds is 3. The van der Waals surface area contributed by atoms with Crippen LogP contribution >= 0.6 is 15.9 Å². The van der Waals surface area contributed by atoms with Crippen molar-refractivity contribution in [3.05, 3.63) is 37.1 Å². The Morgan fingerprint density at radius 1 is 1.23 bits per heavy atom. The lowest BCUT2D eigenvalue weighted by atomic mass is 10.2. The molecule has 8 heteroatoms. The van der Waals surface area contributed by atoms with Crippen molar-refractivity contribution in [1.29, 1.82) is 0 Å². The van der Waals surface area contributed by atoms with Gasteiger partial charge in [0, 0.05) is 24.7 Å². The first-order valence-electron chi connectivity index (χ1n) is 8.05. The first kappa shape index (κ1) is 20.0. The van der Waals surface area contributed by atoms with E-state index >= 15 is 0 Å². The summed E-state index contributed by atoms with van der Waals surface area (Å²) in [4.78, 5) is 24.9. The molecule has 0 aliphatic rings. The summed E-state index contributed by atoms with van der Waals surface area (Å²) in [5.74, 6) is 1.55. The Kier molecular flexibility index (Phi) is 6.42. The van der Waals surface area contributed by atoms with Crippen molar-refractivity contribution in [1.82, 2.24) is 19.5 Å². The van der Waals surface area contributed by atoms with Crippen LogP contribution in [-0.2, 0) is 23.1 Å². The summed E-state index contributed by atoms with van der Waals surface area (Å²) in [5, 5.41) is 0. The number of nitrogens with zero attached hydrogens (tertiary/aromatic N) is 5. The zero-order valence-electron chi connectivity index (χ0n) is 15.6. The molecule has 0 aliphatic carbocycles. The normalized spacial score (nSPS) is 11.0. The topological polar surface area (TPSA) is 73.8 Å². The maximum Gasteiger partial charge on any atom is 0.373 e. The molecule has 3 aromatic rings. The quantitative estimate of drug-likeness (QED) is 0.369. The molecule has 0 N–H and O–H groups in total. The number of ether oxygens (including phenoxy) is 1. The first-order valence-corrected chi connectivity index (χ1v) is 9.64. The lowest BCUT2D eigenvalue weighted by Crippen LogP contribution is -2.40. The third kappa shape index (κ3) is 5.08. The van der Waals surface area contributed by atoms with Crippen molar-refractivity contribution in [3.8, 4) is 11.3 Å². The minimum absolute atomic E-state index is 0.171. The van der Waals surface area contributed by atoms with E-state index in [0.29, 0.717) is 5.65 Å². The van der Waals surface area contributed by atoms with Gasteiger partial charge in [-0.05, 0) is 26.6 Å². The van der Waals surface area contributed by atoms with Gasteiger partial charge in [-0.2, -0.15) is 4.57 Å². The Morgan fingerprint density at radius 3 is 2.50 bits per heavy atom. The van der Waals surface area contributed by atoms with Gasteiger partial charge in [0.15, 0.2) is 23.7 Å². The number of carbonyl (C=O) groups is 1. The van der Waals surface area contributed by atoms with Gasteiger partial charge in [-0.15, -0.1) is 0 Å². The Balaban J connectivity index is 0.00000117. The third-order valence-electron chi connectivity index (χ3n) is 3.34. The van der Waals surface area contributed by atoms with Crippen molar-refractivity contribution in [2.24, 2.45) is 7.05 Å². The molecule has 0 saturated carbocycles. The molecule has 0 spiro atoms. The molecule has 0 amide bonds. The smallest absolute Gasteiger partial charge is 0.373 e. The van der Waals surface area contributed by atoms with Gasteiger partial charge < -0.3 is 9.30 Å². The molecule has 0 saturated heterocycles. The number of hydrogen-bond donors (Lipinski definition) is 0. The third-order valence-corrected chi connectivity index (χ3v) is 3.34. The number of carbonyl (C=O) groups excluding carboxylic acids is 1. The van der Waals surface area contributed by atoms with E-state index < -0.39 is 5.60 Å². The lowest BCUT2D eigenvalue weighted by Gasteiger charge is -2.18. The number of alkyl halides is 1. The van der Waals surface area contributed by atoms with E-state index in [4.69, 9.17) is 4.74 Å². The monoisotopic (exact) mass is 420 g/mol. The Labute approximate surface area is 161 Å². The molecule has 0 aliphatic heterocycles. The van der Waals surface area contributed by atoms with E-state index in [-0.39, 0.29) is 12.5 Å². The number of imidazole rings is 1. The molecule has 138 valence electrons.